The summed E-state index contributed by atoms with van der Waals surface area (Å²) in [7, 11) is -4.11. The zero-order valence-electron chi connectivity index (χ0n) is 10.3. The molecule has 0 radical (unpaired) electrons. The minimum atomic E-state index is -4.11. The van der Waals surface area contributed by atoms with E-state index in [0.717, 1.165) is 12.1 Å². The van der Waals surface area contributed by atoms with Crippen molar-refractivity contribution in [3.63, 3.8) is 0 Å². The van der Waals surface area contributed by atoms with Crippen molar-refractivity contribution in [1.29, 1.82) is 0 Å². The van der Waals surface area contributed by atoms with Gasteiger partial charge in [-0.3, -0.25) is 14.8 Å². The number of sulfonamides is 1. The molecule has 0 amide bonds. The smallest absolute Gasteiger partial charge is 0.279 e. The molecular weight excluding hydrogens is 339 g/mol. The van der Waals surface area contributed by atoms with E-state index < -0.39 is 25.5 Å². The Balaban J connectivity index is 2.44. The van der Waals surface area contributed by atoms with Gasteiger partial charge in [0.1, 0.15) is 0 Å². The van der Waals surface area contributed by atoms with Crippen molar-refractivity contribution in [3.8, 4) is 0 Å². The van der Waals surface area contributed by atoms with Crippen LogP contribution in [0.2, 0.25) is 10.0 Å². The number of hydrogen-bond acceptors (Lipinski definition) is 4. The Morgan fingerprint density at radius 3 is 2.14 bits per heavy atom. The van der Waals surface area contributed by atoms with Crippen LogP contribution in [0.1, 0.15) is 0 Å². The summed E-state index contributed by atoms with van der Waals surface area (Å²) in [6.07, 6.45) is 0. The Hall–Kier alpha value is -1.83. The van der Waals surface area contributed by atoms with Crippen LogP contribution in [-0.4, -0.2) is 13.3 Å². The Bertz CT molecular complexity index is 791. The van der Waals surface area contributed by atoms with Gasteiger partial charge in [0.2, 0.25) is 0 Å². The molecule has 0 bridgehead atoms. The van der Waals surface area contributed by atoms with E-state index in [2.05, 4.69) is 4.72 Å². The second-order valence-corrected chi connectivity index (χ2v) is 6.51. The number of benzene rings is 2. The zero-order chi connectivity index (χ0) is 15.6. The fourth-order valence-corrected chi connectivity index (χ4v) is 3.09. The van der Waals surface area contributed by atoms with Crippen LogP contribution in [-0.2, 0) is 10.0 Å². The Morgan fingerprint density at radius 2 is 1.57 bits per heavy atom. The van der Waals surface area contributed by atoms with Gasteiger partial charge in [-0.2, -0.15) is 0 Å². The fourth-order valence-electron chi connectivity index (χ4n) is 1.59. The van der Waals surface area contributed by atoms with Gasteiger partial charge in [-0.15, -0.1) is 0 Å². The lowest BCUT2D eigenvalue weighted by Gasteiger charge is -2.08. The molecule has 2 rings (SSSR count). The number of nitrogens with zero attached hydrogens (tertiary/aromatic N) is 1. The maximum Gasteiger partial charge on any atom is 0.291 e. The van der Waals surface area contributed by atoms with Crippen LogP contribution in [0.4, 0.5) is 11.4 Å². The topological polar surface area (TPSA) is 89.3 Å². The van der Waals surface area contributed by atoms with E-state index in [1.165, 1.54) is 30.3 Å². The molecule has 0 spiro atoms. The standard InChI is InChI=1S/C12H8Cl2N2O4S/c13-8-1-4-10(5-2-8)15-21(19,20)12-6-3-9(14)7-11(12)16(17)18/h1-7,15H. The van der Waals surface area contributed by atoms with Crippen LogP contribution in [0.25, 0.3) is 0 Å². The van der Waals surface area contributed by atoms with Gasteiger partial charge in [0.15, 0.2) is 4.90 Å². The highest BCUT2D eigenvalue weighted by molar-refractivity contribution is 7.92. The van der Waals surface area contributed by atoms with E-state index in [9.17, 15) is 18.5 Å². The summed E-state index contributed by atoms with van der Waals surface area (Å²) < 4.78 is 26.7. The molecule has 0 fully saturated rings. The van der Waals surface area contributed by atoms with Crippen LogP contribution < -0.4 is 4.72 Å². The van der Waals surface area contributed by atoms with Gasteiger partial charge in [0, 0.05) is 21.8 Å². The molecule has 0 saturated carbocycles. The van der Waals surface area contributed by atoms with Crippen molar-refractivity contribution in [1.82, 2.24) is 0 Å². The molecule has 0 aliphatic carbocycles. The maximum atomic E-state index is 12.2. The van der Waals surface area contributed by atoms with Gasteiger partial charge in [0.05, 0.1) is 4.92 Å². The third kappa shape index (κ3) is 3.63. The quantitative estimate of drug-likeness (QED) is 0.674. The summed E-state index contributed by atoms with van der Waals surface area (Å²) in [4.78, 5) is 9.69. The van der Waals surface area contributed by atoms with Gasteiger partial charge in [-0.25, -0.2) is 8.42 Å². The van der Waals surface area contributed by atoms with Gasteiger partial charge < -0.3 is 0 Å². The van der Waals surface area contributed by atoms with Crippen LogP contribution in [0.5, 0.6) is 0 Å². The molecular formula is C12H8Cl2N2O4S. The lowest BCUT2D eigenvalue weighted by atomic mass is 10.3. The molecule has 0 aliphatic heterocycles. The molecule has 0 heterocycles. The zero-order valence-corrected chi connectivity index (χ0v) is 12.6. The summed E-state index contributed by atoms with van der Waals surface area (Å²) in [6.45, 7) is 0. The molecule has 2 aromatic carbocycles. The highest BCUT2D eigenvalue weighted by Crippen LogP contribution is 2.28. The monoisotopic (exact) mass is 346 g/mol. The van der Waals surface area contributed by atoms with E-state index in [1.807, 2.05) is 0 Å². The van der Waals surface area contributed by atoms with Crippen molar-refractivity contribution in [2.45, 2.75) is 4.90 Å². The number of halogens is 2. The van der Waals surface area contributed by atoms with Crippen molar-refractivity contribution in [2.24, 2.45) is 0 Å². The maximum absolute atomic E-state index is 12.2. The Kier molecular flexibility index (Phi) is 4.36. The van der Waals surface area contributed by atoms with E-state index >= 15 is 0 Å². The van der Waals surface area contributed by atoms with Crippen molar-refractivity contribution in [2.75, 3.05) is 4.72 Å². The molecule has 0 atom stereocenters. The van der Waals surface area contributed by atoms with Gasteiger partial charge in [-0.1, -0.05) is 23.2 Å². The second kappa shape index (κ2) is 5.88. The average Bonchev–Trinajstić information content (AvgIpc) is 2.40. The number of nitro groups is 1. The second-order valence-electron chi connectivity index (χ2n) is 3.98. The highest BCUT2D eigenvalue weighted by atomic mass is 35.5. The third-order valence-corrected chi connectivity index (χ3v) is 4.42. The third-order valence-electron chi connectivity index (χ3n) is 2.50. The molecule has 21 heavy (non-hydrogen) atoms. The van der Waals surface area contributed by atoms with E-state index in [4.69, 9.17) is 23.2 Å². The van der Waals surface area contributed by atoms with E-state index in [0.29, 0.717) is 5.02 Å². The number of nitro benzene ring substituents is 1. The molecule has 110 valence electrons. The molecule has 0 saturated heterocycles. The lowest BCUT2D eigenvalue weighted by Crippen LogP contribution is -2.14. The molecule has 0 aliphatic rings. The average molecular weight is 347 g/mol. The predicted molar refractivity (Wildman–Crippen MR) is 80.4 cm³/mol. The Morgan fingerprint density at radius 1 is 1.00 bits per heavy atom. The van der Waals surface area contributed by atoms with Crippen molar-refractivity contribution < 1.29 is 13.3 Å². The summed E-state index contributed by atoms with van der Waals surface area (Å²) in [6, 6.07) is 9.22. The van der Waals surface area contributed by atoms with Gasteiger partial charge in [0.25, 0.3) is 15.7 Å². The summed E-state index contributed by atoms with van der Waals surface area (Å²) in [5.41, 5.74) is -0.354. The minimum Gasteiger partial charge on any atom is -0.279 e. The molecule has 0 unspecified atom stereocenters. The molecule has 9 heteroatoms. The molecule has 6 nitrogen and oxygen atoms in total. The molecule has 2 aromatic rings. The predicted octanol–water partition coefficient (Wildman–Crippen LogP) is 3.70. The largest absolute Gasteiger partial charge is 0.291 e. The fraction of sp³-hybridized carbons (Fsp3) is 0. The van der Waals surface area contributed by atoms with Crippen LogP contribution in [0, 0.1) is 10.1 Å². The Labute approximate surface area is 130 Å². The molecule has 1 N–H and O–H groups in total. The van der Waals surface area contributed by atoms with E-state index in [1.54, 1.807) is 0 Å². The highest BCUT2D eigenvalue weighted by Gasteiger charge is 2.26. The summed E-state index contributed by atoms with van der Waals surface area (Å²) in [5.74, 6) is 0. The first kappa shape index (κ1) is 15.6. The lowest BCUT2D eigenvalue weighted by molar-refractivity contribution is -0.387. The first-order valence-electron chi connectivity index (χ1n) is 5.52. The number of nitrogens with one attached hydrogen (secondary N) is 1. The van der Waals surface area contributed by atoms with Gasteiger partial charge >= 0.3 is 0 Å². The van der Waals surface area contributed by atoms with E-state index in [-0.39, 0.29) is 10.7 Å². The van der Waals surface area contributed by atoms with Crippen LogP contribution >= 0.6 is 23.2 Å². The van der Waals surface area contributed by atoms with Gasteiger partial charge in [-0.05, 0) is 36.4 Å². The summed E-state index contributed by atoms with van der Waals surface area (Å²) >= 11 is 11.4. The van der Waals surface area contributed by atoms with Crippen molar-refractivity contribution in [3.05, 3.63) is 62.6 Å². The van der Waals surface area contributed by atoms with Crippen molar-refractivity contribution >= 4 is 44.6 Å². The minimum absolute atomic E-state index is 0.0761. The number of rotatable bonds is 4. The van der Waals surface area contributed by atoms with Crippen LogP contribution in [0.3, 0.4) is 0 Å². The van der Waals surface area contributed by atoms with Crippen LogP contribution in [0.15, 0.2) is 47.4 Å². The first-order valence-corrected chi connectivity index (χ1v) is 7.76. The number of hydrogen-bond donors (Lipinski definition) is 1. The first-order chi connectivity index (χ1) is 9.79. The number of anilines is 1. The normalized spacial score (nSPS) is 11.1. The molecule has 0 aromatic heterocycles. The summed E-state index contributed by atoms with van der Waals surface area (Å²) in [5, 5.41) is 11.5. The SMILES string of the molecule is O=[N+]([O-])c1cc(Cl)ccc1S(=O)(=O)Nc1ccc(Cl)cc1.